The van der Waals surface area contributed by atoms with Crippen LogP contribution in [0.3, 0.4) is 0 Å². The zero-order chi connectivity index (χ0) is 17.6. The molecule has 2 rings (SSSR count). The second kappa shape index (κ2) is 7.97. The number of alkyl halides is 3. The Hall–Kier alpha value is -2.34. The average Bonchev–Trinajstić information content (AvgIpc) is 2.51. The highest BCUT2D eigenvalue weighted by Crippen LogP contribution is 2.29. The number of amides is 1. The number of halogens is 3. The number of anilines is 1. The fraction of sp³-hybridized carbons (Fsp3) is 0.278. The van der Waals surface area contributed by atoms with E-state index in [1.165, 1.54) is 12.1 Å². The van der Waals surface area contributed by atoms with Crippen LogP contribution in [0.15, 0.2) is 48.5 Å². The Bertz CT molecular complexity index is 681. The van der Waals surface area contributed by atoms with E-state index < -0.39 is 11.7 Å². The molecule has 0 aromatic heterocycles. The minimum Gasteiger partial charge on any atom is -0.338 e. The zero-order valence-corrected chi connectivity index (χ0v) is 13.4. The highest BCUT2D eigenvalue weighted by atomic mass is 19.4. The summed E-state index contributed by atoms with van der Waals surface area (Å²) in [4.78, 5) is 11.8. The van der Waals surface area contributed by atoms with E-state index >= 15 is 0 Å². The standard InChI is InChI=1S/C18H19F3N2O/c1-13-3-2-4-16(11-13)23-17(24)12-22-10-9-14-5-7-15(8-6-14)18(19,20)21/h2-8,11,22H,9-10,12H2,1H3,(H,23,24)/p+1. The molecule has 0 saturated carbocycles. The number of rotatable bonds is 6. The number of quaternary nitrogens is 1. The quantitative estimate of drug-likeness (QED) is 0.782. The van der Waals surface area contributed by atoms with Crippen LogP contribution in [0, 0.1) is 6.92 Å². The van der Waals surface area contributed by atoms with Crippen LogP contribution in [-0.4, -0.2) is 19.0 Å². The molecule has 2 aromatic carbocycles. The molecule has 0 atom stereocenters. The molecule has 0 aliphatic carbocycles. The molecule has 0 aliphatic heterocycles. The lowest BCUT2D eigenvalue weighted by molar-refractivity contribution is -0.643. The first-order valence-corrected chi connectivity index (χ1v) is 7.69. The topological polar surface area (TPSA) is 45.7 Å². The maximum Gasteiger partial charge on any atom is 0.416 e. The van der Waals surface area contributed by atoms with Crippen LogP contribution in [0.25, 0.3) is 0 Å². The van der Waals surface area contributed by atoms with Gasteiger partial charge in [0, 0.05) is 12.1 Å². The van der Waals surface area contributed by atoms with Gasteiger partial charge in [-0.15, -0.1) is 0 Å². The molecule has 0 aliphatic rings. The molecule has 0 spiro atoms. The van der Waals surface area contributed by atoms with Gasteiger partial charge in [0.15, 0.2) is 6.54 Å². The van der Waals surface area contributed by atoms with Crippen molar-refractivity contribution in [2.75, 3.05) is 18.4 Å². The number of nitrogens with one attached hydrogen (secondary N) is 1. The van der Waals surface area contributed by atoms with Gasteiger partial charge in [0.2, 0.25) is 0 Å². The highest BCUT2D eigenvalue weighted by molar-refractivity contribution is 5.91. The number of aryl methyl sites for hydroxylation is 1. The molecule has 128 valence electrons. The second-order valence-corrected chi connectivity index (χ2v) is 5.64. The summed E-state index contributed by atoms with van der Waals surface area (Å²) < 4.78 is 37.4. The van der Waals surface area contributed by atoms with E-state index in [9.17, 15) is 18.0 Å². The summed E-state index contributed by atoms with van der Waals surface area (Å²) in [6.45, 7) is 2.85. The largest absolute Gasteiger partial charge is 0.416 e. The summed E-state index contributed by atoms with van der Waals surface area (Å²) >= 11 is 0. The molecule has 0 radical (unpaired) electrons. The maximum absolute atomic E-state index is 12.5. The van der Waals surface area contributed by atoms with Crippen LogP contribution in [0.4, 0.5) is 18.9 Å². The van der Waals surface area contributed by atoms with E-state index in [0.29, 0.717) is 13.0 Å². The summed E-state index contributed by atoms with van der Waals surface area (Å²) in [5, 5.41) is 4.65. The van der Waals surface area contributed by atoms with Gasteiger partial charge >= 0.3 is 6.18 Å². The van der Waals surface area contributed by atoms with Crippen molar-refractivity contribution in [1.29, 1.82) is 0 Å². The van der Waals surface area contributed by atoms with Crippen LogP contribution in [0.1, 0.15) is 16.7 Å². The normalized spacial score (nSPS) is 11.3. The van der Waals surface area contributed by atoms with Gasteiger partial charge in [-0.2, -0.15) is 13.2 Å². The van der Waals surface area contributed by atoms with Crippen molar-refractivity contribution in [2.24, 2.45) is 0 Å². The molecular formula is C18H20F3N2O+. The van der Waals surface area contributed by atoms with Crippen LogP contribution < -0.4 is 10.6 Å². The number of hydrogen-bond donors (Lipinski definition) is 2. The maximum atomic E-state index is 12.5. The average molecular weight is 337 g/mol. The third kappa shape index (κ3) is 5.70. The lowest BCUT2D eigenvalue weighted by Gasteiger charge is -2.08. The lowest BCUT2D eigenvalue weighted by Crippen LogP contribution is -2.86. The van der Waals surface area contributed by atoms with E-state index in [4.69, 9.17) is 0 Å². The van der Waals surface area contributed by atoms with Crippen LogP contribution in [-0.2, 0) is 17.4 Å². The van der Waals surface area contributed by atoms with Crippen molar-refractivity contribution in [1.82, 2.24) is 0 Å². The first-order valence-electron chi connectivity index (χ1n) is 7.69. The molecule has 1 amide bonds. The molecule has 24 heavy (non-hydrogen) atoms. The lowest BCUT2D eigenvalue weighted by atomic mass is 10.1. The number of nitrogens with two attached hydrogens (primary N) is 1. The Balaban J connectivity index is 1.71. The van der Waals surface area contributed by atoms with E-state index in [1.54, 1.807) is 0 Å². The molecule has 2 aromatic rings. The van der Waals surface area contributed by atoms with Crippen molar-refractivity contribution in [3.05, 3.63) is 65.2 Å². The first kappa shape index (κ1) is 18.0. The first-order chi connectivity index (χ1) is 11.3. The fourth-order valence-corrected chi connectivity index (χ4v) is 2.30. The highest BCUT2D eigenvalue weighted by Gasteiger charge is 2.29. The number of carbonyl (C=O) groups excluding carboxylic acids is 1. The Morgan fingerprint density at radius 2 is 1.83 bits per heavy atom. The number of hydrogen-bond acceptors (Lipinski definition) is 1. The number of carbonyl (C=O) groups is 1. The van der Waals surface area contributed by atoms with Crippen molar-refractivity contribution in [2.45, 2.75) is 19.5 Å². The Morgan fingerprint density at radius 3 is 2.46 bits per heavy atom. The second-order valence-electron chi connectivity index (χ2n) is 5.64. The molecule has 3 nitrogen and oxygen atoms in total. The van der Waals surface area contributed by atoms with Gasteiger partial charge in [0.1, 0.15) is 0 Å². The van der Waals surface area contributed by atoms with E-state index in [2.05, 4.69) is 5.32 Å². The molecule has 3 N–H and O–H groups in total. The van der Waals surface area contributed by atoms with Crippen molar-refractivity contribution in [3.8, 4) is 0 Å². The summed E-state index contributed by atoms with van der Waals surface area (Å²) in [7, 11) is 0. The van der Waals surface area contributed by atoms with E-state index in [-0.39, 0.29) is 12.5 Å². The molecular weight excluding hydrogens is 317 g/mol. The van der Waals surface area contributed by atoms with Crippen LogP contribution in [0.2, 0.25) is 0 Å². The molecule has 0 bridgehead atoms. The number of benzene rings is 2. The fourth-order valence-electron chi connectivity index (χ4n) is 2.30. The van der Waals surface area contributed by atoms with Gasteiger partial charge in [-0.05, 0) is 42.3 Å². The van der Waals surface area contributed by atoms with Gasteiger partial charge in [0.25, 0.3) is 5.91 Å². The molecule has 0 saturated heterocycles. The van der Waals surface area contributed by atoms with Crippen LogP contribution in [0.5, 0.6) is 0 Å². The molecule has 0 unspecified atom stereocenters. The van der Waals surface area contributed by atoms with Crippen molar-refractivity contribution in [3.63, 3.8) is 0 Å². The monoisotopic (exact) mass is 337 g/mol. The van der Waals surface area contributed by atoms with Gasteiger partial charge in [-0.3, -0.25) is 4.79 Å². The smallest absolute Gasteiger partial charge is 0.338 e. The predicted octanol–water partition coefficient (Wildman–Crippen LogP) is 2.76. The predicted molar refractivity (Wildman–Crippen MR) is 86.6 cm³/mol. The van der Waals surface area contributed by atoms with E-state index in [1.807, 2.05) is 36.5 Å². The summed E-state index contributed by atoms with van der Waals surface area (Å²) in [6, 6.07) is 12.7. The Labute approximate surface area is 138 Å². The summed E-state index contributed by atoms with van der Waals surface area (Å²) in [6.07, 6.45) is -3.70. The van der Waals surface area contributed by atoms with Gasteiger partial charge in [-0.1, -0.05) is 24.3 Å². The van der Waals surface area contributed by atoms with Crippen LogP contribution >= 0.6 is 0 Å². The third-order valence-electron chi connectivity index (χ3n) is 3.55. The minimum atomic E-state index is -4.31. The molecule has 0 fully saturated rings. The van der Waals surface area contributed by atoms with Gasteiger partial charge < -0.3 is 10.6 Å². The van der Waals surface area contributed by atoms with Crippen molar-refractivity contribution >= 4 is 11.6 Å². The Kier molecular flexibility index (Phi) is 5.98. The minimum absolute atomic E-state index is 0.104. The van der Waals surface area contributed by atoms with E-state index in [0.717, 1.165) is 28.9 Å². The zero-order valence-electron chi connectivity index (χ0n) is 13.4. The third-order valence-corrected chi connectivity index (χ3v) is 3.55. The van der Waals surface area contributed by atoms with Gasteiger partial charge in [-0.25, -0.2) is 0 Å². The van der Waals surface area contributed by atoms with Gasteiger partial charge in [0.05, 0.1) is 12.1 Å². The Morgan fingerprint density at radius 1 is 1.12 bits per heavy atom. The summed E-state index contributed by atoms with van der Waals surface area (Å²) in [5.41, 5.74) is 2.00. The molecule has 6 heteroatoms. The van der Waals surface area contributed by atoms with Crippen molar-refractivity contribution < 1.29 is 23.3 Å². The molecule has 0 heterocycles. The summed E-state index contributed by atoms with van der Waals surface area (Å²) in [5.74, 6) is -0.104. The SMILES string of the molecule is Cc1cccc(NC(=O)C[NH2+]CCc2ccc(C(F)(F)F)cc2)c1.